The van der Waals surface area contributed by atoms with E-state index in [1.807, 2.05) is 12.4 Å². The maximum absolute atomic E-state index is 4.73. The first-order chi connectivity index (χ1) is 8.92. The lowest BCUT2D eigenvalue weighted by Gasteiger charge is -2.08. The van der Waals surface area contributed by atoms with Gasteiger partial charge in [-0.05, 0) is 44.2 Å². The van der Waals surface area contributed by atoms with E-state index in [0.29, 0.717) is 6.04 Å². The summed E-state index contributed by atoms with van der Waals surface area (Å²) >= 11 is 0. The van der Waals surface area contributed by atoms with Crippen LogP contribution in [0.15, 0.2) is 18.5 Å². The molecule has 0 aromatic carbocycles. The van der Waals surface area contributed by atoms with Crippen molar-refractivity contribution in [1.29, 1.82) is 0 Å². The monoisotopic (exact) mass is 242 g/mol. The third-order valence-electron chi connectivity index (χ3n) is 3.89. The Hall–Kier alpha value is -1.42. The molecule has 2 aliphatic rings. The lowest BCUT2D eigenvalue weighted by molar-refractivity contribution is 0.589. The van der Waals surface area contributed by atoms with E-state index in [1.165, 1.54) is 37.0 Å². The number of nitrogens with zero attached hydrogens (tertiary/aromatic N) is 3. The fourth-order valence-corrected chi connectivity index (χ4v) is 2.58. The Morgan fingerprint density at radius 3 is 2.94 bits per heavy atom. The third kappa shape index (κ3) is 1.90. The molecule has 0 radical (unpaired) electrons. The van der Waals surface area contributed by atoms with E-state index < -0.39 is 0 Å². The van der Waals surface area contributed by atoms with Crippen LogP contribution < -0.4 is 5.32 Å². The second kappa shape index (κ2) is 4.05. The van der Waals surface area contributed by atoms with Gasteiger partial charge in [0.05, 0.1) is 18.3 Å². The Labute approximate surface area is 106 Å². The predicted octanol–water partition coefficient (Wildman–Crippen LogP) is 2.27. The van der Waals surface area contributed by atoms with Gasteiger partial charge < -0.3 is 9.88 Å². The number of rotatable bonds is 5. The standard InChI is InChI=1S/C14H18N4/c1-2-10(1)7-16-9-14-17-12-8-15-6-5-13(12)18(14)11-3-4-11/h5-6,8,10-11,16H,1-4,7,9H2. The topological polar surface area (TPSA) is 42.7 Å². The molecule has 0 spiro atoms. The molecule has 2 heterocycles. The van der Waals surface area contributed by atoms with Crippen LogP contribution in [0, 0.1) is 5.92 Å². The van der Waals surface area contributed by atoms with Crippen molar-refractivity contribution >= 4 is 11.0 Å². The Kier molecular flexibility index (Phi) is 2.36. The first-order valence-electron chi connectivity index (χ1n) is 6.93. The van der Waals surface area contributed by atoms with Crippen molar-refractivity contribution in [2.24, 2.45) is 5.92 Å². The van der Waals surface area contributed by atoms with Crippen LogP contribution in [0.4, 0.5) is 0 Å². The van der Waals surface area contributed by atoms with Gasteiger partial charge in [0.15, 0.2) is 0 Å². The molecule has 2 fully saturated rings. The van der Waals surface area contributed by atoms with Gasteiger partial charge in [0.2, 0.25) is 0 Å². The van der Waals surface area contributed by atoms with Crippen LogP contribution in [0.25, 0.3) is 11.0 Å². The quantitative estimate of drug-likeness (QED) is 0.874. The van der Waals surface area contributed by atoms with Gasteiger partial charge in [-0.1, -0.05) is 0 Å². The molecule has 18 heavy (non-hydrogen) atoms. The van der Waals surface area contributed by atoms with Crippen LogP contribution in [-0.4, -0.2) is 21.1 Å². The number of fused-ring (bicyclic) bond motifs is 1. The molecule has 2 saturated carbocycles. The molecule has 0 saturated heterocycles. The number of pyridine rings is 1. The molecule has 2 aromatic heterocycles. The summed E-state index contributed by atoms with van der Waals surface area (Å²) in [6, 6.07) is 2.76. The van der Waals surface area contributed by atoms with E-state index in [9.17, 15) is 0 Å². The third-order valence-corrected chi connectivity index (χ3v) is 3.89. The SMILES string of the molecule is c1cc2c(cn1)nc(CNCC1CC1)n2C1CC1. The van der Waals surface area contributed by atoms with Crippen LogP contribution in [0.1, 0.15) is 37.5 Å². The molecule has 4 heteroatoms. The number of imidazole rings is 1. The summed E-state index contributed by atoms with van der Waals surface area (Å²) < 4.78 is 2.41. The highest BCUT2D eigenvalue weighted by atomic mass is 15.2. The fraction of sp³-hybridized carbons (Fsp3) is 0.571. The minimum atomic E-state index is 0.676. The summed E-state index contributed by atoms with van der Waals surface area (Å²) in [5.74, 6) is 2.10. The summed E-state index contributed by atoms with van der Waals surface area (Å²) in [4.78, 5) is 8.90. The fourth-order valence-electron chi connectivity index (χ4n) is 2.58. The first kappa shape index (κ1) is 10.5. The van der Waals surface area contributed by atoms with E-state index in [0.717, 1.165) is 24.5 Å². The molecule has 1 N–H and O–H groups in total. The Bertz CT molecular complexity index is 566. The highest BCUT2D eigenvalue weighted by Gasteiger charge is 2.28. The molecule has 4 rings (SSSR count). The lowest BCUT2D eigenvalue weighted by atomic mass is 10.4. The summed E-state index contributed by atoms with van der Waals surface area (Å²) in [5.41, 5.74) is 2.28. The van der Waals surface area contributed by atoms with Crippen molar-refractivity contribution in [2.75, 3.05) is 6.54 Å². The van der Waals surface area contributed by atoms with Crippen LogP contribution in [-0.2, 0) is 6.54 Å². The summed E-state index contributed by atoms with van der Waals surface area (Å²) in [6.07, 6.45) is 9.13. The molecule has 0 amide bonds. The summed E-state index contributed by atoms with van der Waals surface area (Å²) in [6.45, 7) is 2.04. The number of nitrogens with one attached hydrogen (secondary N) is 1. The van der Waals surface area contributed by atoms with Crippen LogP contribution in [0.2, 0.25) is 0 Å². The predicted molar refractivity (Wildman–Crippen MR) is 70.2 cm³/mol. The second-order valence-corrected chi connectivity index (χ2v) is 5.57. The minimum Gasteiger partial charge on any atom is -0.324 e. The van der Waals surface area contributed by atoms with Crippen molar-refractivity contribution in [3.8, 4) is 0 Å². The van der Waals surface area contributed by atoms with E-state index in [-0.39, 0.29) is 0 Å². The first-order valence-corrected chi connectivity index (χ1v) is 6.93. The normalized spacial score (nSPS) is 19.6. The Balaban J connectivity index is 1.62. The average Bonchev–Trinajstić information content (AvgIpc) is 3.28. The van der Waals surface area contributed by atoms with Gasteiger partial charge in [0.1, 0.15) is 11.3 Å². The van der Waals surface area contributed by atoms with E-state index in [2.05, 4.69) is 20.9 Å². The molecule has 2 aliphatic carbocycles. The van der Waals surface area contributed by atoms with Crippen molar-refractivity contribution < 1.29 is 0 Å². The number of hydrogen-bond acceptors (Lipinski definition) is 3. The van der Waals surface area contributed by atoms with Gasteiger partial charge in [0.25, 0.3) is 0 Å². The van der Waals surface area contributed by atoms with E-state index >= 15 is 0 Å². The Morgan fingerprint density at radius 1 is 1.28 bits per heavy atom. The maximum Gasteiger partial charge on any atom is 0.124 e. The van der Waals surface area contributed by atoms with Crippen molar-refractivity contribution in [3.05, 3.63) is 24.3 Å². The minimum absolute atomic E-state index is 0.676. The van der Waals surface area contributed by atoms with Crippen LogP contribution in [0.3, 0.4) is 0 Å². The molecule has 94 valence electrons. The molecule has 0 bridgehead atoms. The smallest absolute Gasteiger partial charge is 0.124 e. The maximum atomic E-state index is 4.73. The zero-order valence-electron chi connectivity index (χ0n) is 10.5. The average molecular weight is 242 g/mol. The van der Waals surface area contributed by atoms with E-state index in [4.69, 9.17) is 4.98 Å². The van der Waals surface area contributed by atoms with Gasteiger partial charge in [-0.2, -0.15) is 0 Å². The van der Waals surface area contributed by atoms with Gasteiger partial charge >= 0.3 is 0 Å². The molecule has 0 unspecified atom stereocenters. The van der Waals surface area contributed by atoms with Crippen molar-refractivity contribution in [3.63, 3.8) is 0 Å². The molecule has 0 aliphatic heterocycles. The molecular formula is C14H18N4. The largest absolute Gasteiger partial charge is 0.324 e. The second-order valence-electron chi connectivity index (χ2n) is 5.57. The van der Waals surface area contributed by atoms with Gasteiger partial charge in [-0.3, -0.25) is 4.98 Å². The lowest BCUT2D eigenvalue weighted by Crippen LogP contribution is -2.19. The highest BCUT2D eigenvalue weighted by Crippen LogP contribution is 2.38. The van der Waals surface area contributed by atoms with Crippen molar-refractivity contribution in [2.45, 2.75) is 38.3 Å². The van der Waals surface area contributed by atoms with Crippen molar-refractivity contribution in [1.82, 2.24) is 19.9 Å². The summed E-state index contributed by atoms with van der Waals surface area (Å²) in [5, 5.41) is 3.54. The number of hydrogen-bond donors (Lipinski definition) is 1. The van der Waals surface area contributed by atoms with Gasteiger partial charge in [-0.25, -0.2) is 4.98 Å². The number of aromatic nitrogens is 3. The molecule has 0 atom stereocenters. The van der Waals surface area contributed by atoms with Gasteiger partial charge in [0, 0.05) is 12.2 Å². The molecular weight excluding hydrogens is 224 g/mol. The van der Waals surface area contributed by atoms with Crippen LogP contribution >= 0.6 is 0 Å². The Morgan fingerprint density at radius 2 is 2.17 bits per heavy atom. The van der Waals surface area contributed by atoms with E-state index in [1.54, 1.807) is 0 Å². The van der Waals surface area contributed by atoms with Crippen LogP contribution in [0.5, 0.6) is 0 Å². The highest BCUT2D eigenvalue weighted by molar-refractivity contribution is 5.75. The zero-order valence-corrected chi connectivity index (χ0v) is 10.5. The zero-order chi connectivity index (χ0) is 11.9. The molecule has 4 nitrogen and oxygen atoms in total. The summed E-state index contributed by atoms with van der Waals surface area (Å²) in [7, 11) is 0. The molecule has 2 aromatic rings. The van der Waals surface area contributed by atoms with Gasteiger partial charge in [-0.15, -0.1) is 0 Å².